The van der Waals surface area contributed by atoms with Gasteiger partial charge in [0.15, 0.2) is 11.6 Å². The van der Waals surface area contributed by atoms with Crippen molar-refractivity contribution in [3.8, 4) is 5.75 Å². The first-order valence-corrected chi connectivity index (χ1v) is 6.66. The van der Waals surface area contributed by atoms with Crippen molar-refractivity contribution in [3.05, 3.63) is 29.8 Å². The van der Waals surface area contributed by atoms with E-state index in [-0.39, 0.29) is 6.10 Å². The Morgan fingerprint density at radius 1 is 1.32 bits per heavy atom. The van der Waals surface area contributed by atoms with Crippen LogP contribution in [0.25, 0.3) is 0 Å². The minimum Gasteiger partial charge on any atom is -0.490 e. The summed E-state index contributed by atoms with van der Waals surface area (Å²) in [6.07, 6.45) is 1.82. The molecule has 5 heteroatoms. The molecule has 2 rings (SSSR count). The second kappa shape index (κ2) is 6.30. The van der Waals surface area contributed by atoms with Gasteiger partial charge < -0.3 is 10.5 Å². The van der Waals surface area contributed by atoms with Gasteiger partial charge in [0.25, 0.3) is 0 Å². The van der Waals surface area contributed by atoms with E-state index < -0.39 is 11.6 Å². The fraction of sp³-hybridized carbons (Fsp3) is 0.571. The molecule has 2 N–H and O–H groups in total. The molecule has 1 fully saturated rings. The van der Waals surface area contributed by atoms with E-state index in [1.54, 1.807) is 0 Å². The summed E-state index contributed by atoms with van der Waals surface area (Å²) in [4.78, 5) is 2.32. The average molecular weight is 270 g/mol. The topological polar surface area (TPSA) is 38.5 Å². The summed E-state index contributed by atoms with van der Waals surface area (Å²) < 4.78 is 31.6. The lowest BCUT2D eigenvalue weighted by Crippen LogP contribution is -2.45. The van der Waals surface area contributed by atoms with E-state index in [0.29, 0.717) is 18.3 Å². The van der Waals surface area contributed by atoms with Gasteiger partial charge in [-0.2, -0.15) is 0 Å². The highest BCUT2D eigenvalue weighted by Gasteiger charge is 2.23. The number of nitrogens with zero attached hydrogens (tertiary/aromatic N) is 1. The van der Waals surface area contributed by atoms with Crippen LogP contribution in [0.4, 0.5) is 8.78 Å². The number of benzene rings is 1. The number of likely N-dealkylation sites (tertiary alicyclic amines) is 1. The Balaban J connectivity index is 1.87. The van der Waals surface area contributed by atoms with Crippen LogP contribution in [-0.4, -0.2) is 36.7 Å². The highest BCUT2D eigenvalue weighted by atomic mass is 19.2. The lowest BCUT2D eigenvalue weighted by molar-refractivity contribution is 0.0815. The van der Waals surface area contributed by atoms with Crippen LogP contribution in [-0.2, 0) is 0 Å². The summed E-state index contributed by atoms with van der Waals surface area (Å²) in [6, 6.07) is 4.04. The number of hydrogen-bond acceptors (Lipinski definition) is 3. The highest BCUT2D eigenvalue weighted by Crippen LogP contribution is 2.21. The van der Waals surface area contributed by atoms with Crippen molar-refractivity contribution in [2.45, 2.75) is 31.9 Å². The summed E-state index contributed by atoms with van der Waals surface area (Å²) in [6.45, 7) is 4.60. The Morgan fingerprint density at radius 2 is 2.00 bits per heavy atom. The second-order valence-corrected chi connectivity index (χ2v) is 5.01. The normalized spacial score (nSPS) is 19.4. The zero-order valence-corrected chi connectivity index (χ0v) is 11.1. The van der Waals surface area contributed by atoms with Gasteiger partial charge in [-0.3, -0.25) is 4.90 Å². The first-order valence-electron chi connectivity index (χ1n) is 6.66. The molecule has 1 aliphatic heterocycles. The molecule has 1 aromatic rings. The van der Waals surface area contributed by atoms with Gasteiger partial charge in [0.2, 0.25) is 0 Å². The lowest BCUT2D eigenvalue weighted by Gasteiger charge is -2.35. The molecule has 1 heterocycles. The fourth-order valence-electron chi connectivity index (χ4n) is 2.33. The van der Waals surface area contributed by atoms with E-state index in [2.05, 4.69) is 11.8 Å². The van der Waals surface area contributed by atoms with E-state index in [1.807, 2.05) is 0 Å². The molecule has 3 nitrogen and oxygen atoms in total. The Labute approximate surface area is 112 Å². The van der Waals surface area contributed by atoms with Crippen molar-refractivity contribution in [1.29, 1.82) is 0 Å². The van der Waals surface area contributed by atoms with E-state index >= 15 is 0 Å². The predicted octanol–water partition coefficient (Wildman–Crippen LogP) is 2.16. The molecule has 0 saturated carbocycles. The number of rotatable bonds is 4. The number of ether oxygens (including phenoxy) is 1. The minimum absolute atomic E-state index is 0.0612. The number of nitrogens with two attached hydrogens (primary N) is 1. The summed E-state index contributed by atoms with van der Waals surface area (Å²) >= 11 is 0. The smallest absolute Gasteiger partial charge is 0.162 e. The highest BCUT2D eigenvalue weighted by molar-refractivity contribution is 5.23. The van der Waals surface area contributed by atoms with Crippen LogP contribution >= 0.6 is 0 Å². The molecular formula is C14H20F2N2O. The van der Waals surface area contributed by atoms with Crippen molar-refractivity contribution in [1.82, 2.24) is 4.90 Å². The molecule has 1 aliphatic rings. The van der Waals surface area contributed by atoms with Crippen LogP contribution in [0.3, 0.4) is 0 Å². The van der Waals surface area contributed by atoms with Crippen molar-refractivity contribution in [2.75, 3.05) is 19.6 Å². The Kier molecular flexibility index (Phi) is 4.71. The van der Waals surface area contributed by atoms with Crippen LogP contribution in [0, 0.1) is 11.6 Å². The van der Waals surface area contributed by atoms with Crippen molar-refractivity contribution in [3.63, 3.8) is 0 Å². The first-order chi connectivity index (χ1) is 9.10. The van der Waals surface area contributed by atoms with Crippen LogP contribution in [0.15, 0.2) is 18.2 Å². The maximum absolute atomic E-state index is 13.1. The predicted molar refractivity (Wildman–Crippen MR) is 70.1 cm³/mol. The largest absolute Gasteiger partial charge is 0.490 e. The molecule has 1 atom stereocenters. The molecule has 0 radical (unpaired) electrons. The molecule has 1 unspecified atom stereocenters. The molecule has 1 aromatic carbocycles. The standard InChI is InChI=1S/C14H20F2N2O/c1-10(9-17)18-6-4-11(5-7-18)19-12-2-3-13(15)14(16)8-12/h2-3,8,10-11H,4-7,9,17H2,1H3. The third-order valence-electron chi connectivity index (χ3n) is 3.63. The fourth-order valence-corrected chi connectivity index (χ4v) is 2.33. The summed E-state index contributed by atoms with van der Waals surface area (Å²) in [5, 5.41) is 0. The van der Waals surface area contributed by atoms with E-state index in [9.17, 15) is 8.78 Å². The zero-order chi connectivity index (χ0) is 13.8. The third-order valence-corrected chi connectivity index (χ3v) is 3.63. The lowest BCUT2D eigenvalue weighted by atomic mass is 10.1. The zero-order valence-electron chi connectivity index (χ0n) is 11.1. The monoisotopic (exact) mass is 270 g/mol. The van der Waals surface area contributed by atoms with Crippen LogP contribution < -0.4 is 10.5 Å². The van der Waals surface area contributed by atoms with Crippen molar-refractivity contribution >= 4 is 0 Å². The second-order valence-electron chi connectivity index (χ2n) is 5.01. The maximum atomic E-state index is 13.1. The van der Waals surface area contributed by atoms with E-state index in [1.165, 1.54) is 6.07 Å². The van der Waals surface area contributed by atoms with Crippen LogP contribution in [0.2, 0.25) is 0 Å². The Hall–Kier alpha value is -1.20. The molecule has 0 amide bonds. The first kappa shape index (κ1) is 14.2. The van der Waals surface area contributed by atoms with Gasteiger partial charge in [-0.25, -0.2) is 8.78 Å². The Bertz CT molecular complexity index is 420. The van der Waals surface area contributed by atoms with Crippen LogP contribution in [0.5, 0.6) is 5.75 Å². The number of hydrogen-bond donors (Lipinski definition) is 1. The van der Waals surface area contributed by atoms with Crippen molar-refractivity contribution in [2.24, 2.45) is 5.73 Å². The van der Waals surface area contributed by atoms with Gasteiger partial charge in [0.05, 0.1) is 0 Å². The molecule has 1 saturated heterocycles. The van der Waals surface area contributed by atoms with Gasteiger partial charge in [0, 0.05) is 31.7 Å². The van der Waals surface area contributed by atoms with Gasteiger partial charge in [0.1, 0.15) is 11.9 Å². The summed E-state index contributed by atoms with van der Waals surface area (Å²) in [5.74, 6) is -1.32. The molecule has 0 aromatic heterocycles. The van der Waals surface area contributed by atoms with E-state index in [0.717, 1.165) is 38.1 Å². The summed E-state index contributed by atoms with van der Waals surface area (Å²) in [7, 11) is 0. The van der Waals surface area contributed by atoms with Gasteiger partial charge in [-0.1, -0.05) is 0 Å². The Morgan fingerprint density at radius 3 is 2.58 bits per heavy atom. The van der Waals surface area contributed by atoms with Gasteiger partial charge in [-0.05, 0) is 31.9 Å². The molecular weight excluding hydrogens is 250 g/mol. The third kappa shape index (κ3) is 3.64. The molecule has 0 bridgehead atoms. The molecule has 0 spiro atoms. The van der Waals surface area contributed by atoms with Crippen LogP contribution in [0.1, 0.15) is 19.8 Å². The average Bonchev–Trinajstić information content (AvgIpc) is 2.43. The van der Waals surface area contributed by atoms with Crippen molar-refractivity contribution < 1.29 is 13.5 Å². The minimum atomic E-state index is -0.869. The number of piperidine rings is 1. The van der Waals surface area contributed by atoms with Gasteiger partial charge >= 0.3 is 0 Å². The molecule has 0 aliphatic carbocycles. The van der Waals surface area contributed by atoms with Gasteiger partial charge in [-0.15, -0.1) is 0 Å². The SMILES string of the molecule is CC(CN)N1CCC(Oc2ccc(F)c(F)c2)CC1. The maximum Gasteiger partial charge on any atom is 0.162 e. The quantitative estimate of drug-likeness (QED) is 0.911. The number of halogens is 2. The molecule has 106 valence electrons. The molecule has 19 heavy (non-hydrogen) atoms. The summed E-state index contributed by atoms with van der Waals surface area (Å²) in [5.41, 5.74) is 5.64. The van der Waals surface area contributed by atoms with E-state index in [4.69, 9.17) is 10.5 Å².